The van der Waals surface area contributed by atoms with E-state index in [1.165, 1.54) is 17.7 Å². The van der Waals surface area contributed by atoms with Crippen LogP contribution in [0.15, 0.2) is 72.8 Å². The molecule has 0 aliphatic rings. The third-order valence-electron chi connectivity index (χ3n) is 5.24. The zero-order valence-corrected chi connectivity index (χ0v) is 18.9. The number of hydrogen-bond acceptors (Lipinski definition) is 3. The second kappa shape index (κ2) is 11.5. The summed E-state index contributed by atoms with van der Waals surface area (Å²) in [6.45, 7) is 2.30. The van der Waals surface area contributed by atoms with Gasteiger partial charge in [0.1, 0.15) is 0 Å². The van der Waals surface area contributed by atoms with Crippen molar-refractivity contribution in [2.24, 2.45) is 0 Å². The van der Waals surface area contributed by atoms with Crippen molar-refractivity contribution in [2.75, 3.05) is 6.54 Å². The van der Waals surface area contributed by atoms with Crippen LogP contribution in [-0.2, 0) is 30.5 Å². The highest BCUT2D eigenvalue weighted by Crippen LogP contribution is 2.29. The standard InChI is InChI=1S/C28H26F3NO2/c1-2-3-21-4-6-22(7-5-21)8-9-23-10-12-24(13-11-23)18-32(20-27(33)34)19-25-14-16-26(17-15-25)28(29,30)31/h4-7,10-17H,2-3,18-20H2,1H3,(H,33,34)/p-1. The number of carbonyl (C=O) groups excluding carboxylic acids is 1. The fraction of sp³-hybridized carbons (Fsp3) is 0.250. The Balaban J connectivity index is 1.65. The molecule has 0 unspecified atom stereocenters. The van der Waals surface area contributed by atoms with Gasteiger partial charge in [-0.3, -0.25) is 4.90 Å². The first-order chi connectivity index (χ1) is 16.2. The maximum absolute atomic E-state index is 12.8. The molecule has 3 aromatic rings. The summed E-state index contributed by atoms with van der Waals surface area (Å²) < 4.78 is 38.3. The molecule has 0 aromatic heterocycles. The van der Waals surface area contributed by atoms with Gasteiger partial charge in [-0.1, -0.05) is 61.6 Å². The first-order valence-electron chi connectivity index (χ1n) is 11.0. The Hall–Kier alpha value is -3.56. The summed E-state index contributed by atoms with van der Waals surface area (Å²) in [6.07, 6.45) is -2.27. The van der Waals surface area contributed by atoms with E-state index in [0.29, 0.717) is 12.1 Å². The number of halogens is 3. The van der Waals surface area contributed by atoms with Crippen LogP contribution in [0.5, 0.6) is 0 Å². The van der Waals surface area contributed by atoms with Gasteiger partial charge < -0.3 is 9.90 Å². The Labute approximate surface area is 197 Å². The summed E-state index contributed by atoms with van der Waals surface area (Å²) in [4.78, 5) is 12.8. The van der Waals surface area contributed by atoms with E-state index >= 15 is 0 Å². The topological polar surface area (TPSA) is 43.4 Å². The number of aryl methyl sites for hydroxylation is 1. The lowest BCUT2D eigenvalue weighted by atomic mass is 10.1. The Morgan fingerprint density at radius 3 is 1.65 bits per heavy atom. The predicted octanol–water partition coefficient (Wildman–Crippen LogP) is 4.81. The number of rotatable bonds is 8. The lowest BCUT2D eigenvalue weighted by Crippen LogP contribution is -2.37. The van der Waals surface area contributed by atoms with E-state index in [1.54, 1.807) is 4.90 Å². The van der Waals surface area contributed by atoms with Crippen LogP contribution in [0, 0.1) is 11.8 Å². The Morgan fingerprint density at radius 1 is 0.794 bits per heavy atom. The van der Waals surface area contributed by atoms with Crippen LogP contribution in [0.1, 0.15) is 46.7 Å². The smallest absolute Gasteiger partial charge is 0.416 e. The van der Waals surface area contributed by atoms with Crippen LogP contribution in [0.3, 0.4) is 0 Å². The number of benzene rings is 3. The number of alkyl halides is 3. The third-order valence-corrected chi connectivity index (χ3v) is 5.24. The van der Waals surface area contributed by atoms with Crippen molar-refractivity contribution in [1.82, 2.24) is 4.90 Å². The number of hydrogen-bond donors (Lipinski definition) is 0. The van der Waals surface area contributed by atoms with Gasteiger partial charge in [-0.15, -0.1) is 0 Å². The van der Waals surface area contributed by atoms with Crippen molar-refractivity contribution in [2.45, 2.75) is 39.0 Å². The quantitative estimate of drug-likeness (QED) is 0.450. The van der Waals surface area contributed by atoms with Crippen molar-refractivity contribution in [3.8, 4) is 11.8 Å². The molecule has 0 atom stereocenters. The van der Waals surface area contributed by atoms with Crippen LogP contribution >= 0.6 is 0 Å². The fourth-order valence-corrected chi connectivity index (χ4v) is 3.55. The van der Waals surface area contributed by atoms with Gasteiger partial charge in [0.15, 0.2) is 0 Å². The second-order valence-corrected chi connectivity index (χ2v) is 8.11. The van der Waals surface area contributed by atoms with E-state index in [2.05, 4.69) is 30.9 Å². The molecule has 0 spiro atoms. The average Bonchev–Trinajstić information content (AvgIpc) is 2.79. The zero-order valence-electron chi connectivity index (χ0n) is 18.9. The molecule has 0 saturated heterocycles. The minimum absolute atomic E-state index is 0.182. The van der Waals surface area contributed by atoms with Gasteiger partial charge in [-0.05, 0) is 59.5 Å². The van der Waals surface area contributed by atoms with Gasteiger partial charge in [-0.25, -0.2) is 0 Å². The summed E-state index contributed by atoms with van der Waals surface area (Å²) in [5.74, 6) is 5.01. The highest BCUT2D eigenvalue weighted by atomic mass is 19.4. The molecule has 0 saturated carbocycles. The second-order valence-electron chi connectivity index (χ2n) is 8.11. The summed E-state index contributed by atoms with van der Waals surface area (Å²) in [5, 5.41) is 11.2. The first kappa shape index (κ1) is 25.1. The number of carboxylic acid groups (broad SMARTS) is 1. The predicted molar refractivity (Wildman–Crippen MR) is 123 cm³/mol. The van der Waals surface area contributed by atoms with E-state index < -0.39 is 17.7 Å². The molecule has 0 radical (unpaired) electrons. The number of nitrogens with zero attached hydrogens (tertiary/aromatic N) is 1. The van der Waals surface area contributed by atoms with Crippen LogP contribution in [0.25, 0.3) is 0 Å². The minimum Gasteiger partial charge on any atom is -0.549 e. The van der Waals surface area contributed by atoms with Gasteiger partial charge in [0.25, 0.3) is 0 Å². The lowest BCUT2D eigenvalue weighted by Gasteiger charge is -2.23. The fourth-order valence-electron chi connectivity index (χ4n) is 3.55. The minimum atomic E-state index is -4.41. The maximum atomic E-state index is 12.8. The van der Waals surface area contributed by atoms with Gasteiger partial charge in [0.2, 0.25) is 0 Å². The van der Waals surface area contributed by atoms with Gasteiger partial charge in [-0.2, -0.15) is 13.2 Å². The highest BCUT2D eigenvalue weighted by Gasteiger charge is 2.29. The van der Waals surface area contributed by atoms with Crippen molar-refractivity contribution in [1.29, 1.82) is 0 Å². The van der Waals surface area contributed by atoms with Crippen LogP contribution in [0.4, 0.5) is 13.2 Å². The zero-order chi connectivity index (χ0) is 24.6. The molecule has 6 heteroatoms. The molecule has 3 aromatic carbocycles. The average molecular weight is 465 g/mol. The molecule has 0 bridgehead atoms. The van der Waals surface area contributed by atoms with Gasteiger partial charge >= 0.3 is 6.18 Å². The summed E-state index contributed by atoms with van der Waals surface area (Å²) >= 11 is 0. The maximum Gasteiger partial charge on any atom is 0.416 e. The summed E-state index contributed by atoms with van der Waals surface area (Å²) in [7, 11) is 0. The Bertz CT molecular complexity index is 1140. The summed E-state index contributed by atoms with van der Waals surface area (Å²) in [6, 6.07) is 20.3. The molecular weight excluding hydrogens is 439 g/mol. The van der Waals surface area contributed by atoms with Crippen molar-refractivity contribution >= 4 is 5.97 Å². The van der Waals surface area contributed by atoms with Crippen molar-refractivity contribution in [3.05, 3.63) is 106 Å². The summed E-state index contributed by atoms with van der Waals surface area (Å²) in [5.41, 5.74) is 3.76. The molecule has 3 rings (SSSR count). The molecule has 0 heterocycles. The molecule has 0 aliphatic carbocycles. The number of carbonyl (C=O) groups is 1. The van der Waals surface area contributed by atoms with E-state index in [-0.39, 0.29) is 13.1 Å². The van der Waals surface area contributed by atoms with Crippen LogP contribution in [0.2, 0.25) is 0 Å². The number of aliphatic carboxylic acids is 1. The van der Waals surface area contributed by atoms with Crippen molar-refractivity contribution in [3.63, 3.8) is 0 Å². The third kappa shape index (κ3) is 7.79. The largest absolute Gasteiger partial charge is 0.549 e. The molecule has 0 aliphatic heterocycles. The van der Waals surface area contributed by atoms with E-state index in [0.717, 1.165) is 41.7 Å². The molecule has 176 valence electrons. The Kier molecular flexibility index (Phi) is 8.50. The molecular formula is C28H25F3NO2-. The van der Waals surface area contributed by atoms with Crippen LogP contribution < -0.4 is 5.11 Å². The van der Waals surface area contributed by atoms with Crippen LogP contribution in [-0.4, -0.2) is 17.4 Å². The van der Waals surface area contributed by atoms with E-state index in [1.807, 2.05) is 36.4 Å². The van der Waals surface area contributed by atoms with Gasteiger partial charge in [0, 0.05) is 30.8 Å². The van der Waals surface area contributed by atoms with Crippen molar-refractivity contribution < 1.29 is 23.1 Å². The molecule has 3 nitrogen and oxygen atoms in total. The first-order valence-corrected chi connectivity index (χ1v) is 11.0. The highest BCUT2D eigenvalue weighted by molar-refractivity contribution is 5.66. The van der Waals surface area contributed by atoms with E-state index in [9.17, 15) is 23.1 Å². The van der Waals surface area contributed by atoms with Gasteiger partial charge in [0.05, 0.1) is 11.5 Å². The molecule has 0 fully saturated rings. The molecule has 34 heavy (non-hydrogen) atoms. The molecule has 0 amide bonds. The van der Waals surface area contributed by atoms with E-state index in [4.69, 9.17) is 0 Å². The monoisotopic (exact) mass is 464 g/mol. The number of carboxylic acids is 1. The SMILES string of the molecule is CCCc1ccc(C#Cc2ccc(CN(CC(=O)[O-])Cc3ccc(C(F)(F)F)cc3)cc2)cc1. The Morgan fingerprint density at radius 2 is 1.24 bits per heavy atom. The molecule has 0 N–H and O–H groups in total. The normalized spacial score (nSPS) is 11.2. The lowest BCUT2D eigenvalue weighted by molar-refractivity contribution is -0.306.